The molecule has 134 valence electrons. The number of carbonyl (C=O) groups is 3. The minimum absolute atomic E-state index is 0.0612. The highest BCUT2D eigenvalue weighted by Gasteiger charge is 2.30. The van der Waals surface area contributed by atoms with Crippen molar-refractivity contribution in [2.75, 3.05) is 37.6 Å². The number of hydrogen-bond acceptors (Lipinski definition) is 6. The van der Waals surface area contributed by atoms with Gasteiger partial charge in [-0.05, 0) is 12.3 Å². The van der Waals surface area contributed by atoms with Gasteiger partial charge in [0, 0.05) is 32.7 Å². The minimum atomic E-state index is -0.537. The second-order valence-electron chi connectivity index (χ2n) is 6.22. The van der Waals surface area contributed by atoms with Crippen LogP contribution in [0.2, 0.25) is 0 Å². The predicted octanol–water partition coefficient (Wildman–Crippen LogP) is -1.73. The van der Waals surface area contributed by atoms with E-state index < -0.39 is 11.9 Å². The molecule has 10 heteroatoms. The van der Waals surface area contributed by atoms with Crippen molar-refractivity contribution in [3.63, 3.8) is 0 Å². The predicted molar refractivity (Wildman–Crippen MR) is 87.9 cm³/mol. The molecule has 4 amide bonds. The van der Waals surface area contributed by atoms with Gasteiger partial charge in [-0.15, -0.1) is 0 Å². The van der Waals surface area contributed by atoms with E-state index in [1.165, 1.54) is 4.68 Å². The maximum Gasteiger partial charge on any atom is 0.325 e. The van der Waals surface area contributed by atoms with Crippen molar-refractivity contribution in [1.82, 2.24) is 25.3 Å². The molecule has 2 aliphatic heterocycles. The molecule has 0 aliphatic carbocycles. The van der Waals surface area contributed by atoms with E-state index in [1.807, 2.05) is 0 Å². The lowest BCUT2D eigenvalue weighted by Crippen LogP contribution is -2.42. The Labute approximate surface area is 143 Å². The first-order valence-corrected chi connectivity index (χ1v) is 8.07. The average molecular weight is 348 g/mol. The molecule has 0 unspecified atom stereocenters. The third-order valence-electron chi connectivity index (χ3n) is 4.43. The number of urea groups is 1. The quantitative estimate of drug-likeness (QED) is 0.611. The molecule has 3 heterocycles. The van der Waals surface area contributed by atoms with Gasteiger partial charge in [0.15, 0.2) is 0 Å². The van der Waals surface area contributed by atoms with Crippen LogP contribution in [0.25, 0.3) is 0 Å². The van der Waals surface area contributed by atoms with Crippen molar-refractivity contribution in [2.45, 2.75) is 6.42 Å². The molecule has 0 bridgehead atoms. The number of anilines is 1. The summed E-state index contributed by atoms with van der Waals surface area (Å²) in [5.41, 5.74) is 0.610. The van der Waals surface area contributed by atoms with Crippen LogP contribution in [-0.4, -0.2) is 65.2 Å². The Bertz CT molecular complexity index is 745. The second kappa shape index (κ2) is 6.91. The van der Waals surface area contributed by atoms with Crippen LogP contribution in [0.5, 0.6) is 0 Å². The number of nitrogens with zero attached hydrogens (tertiary/aromatic N) is 4. The number of aromatic nitrogens is 2. The smallest absolute Gasteiger partial charge is 0.325 e. The number of nitrogens with one attached hydrogen (secondary N) is 2. The molecular formula is C15H20N6O4. The molecule has 3 rings (SSSR count). The van der Waals surface area contributed by atoms with Gasteiger partial charge in [-0.3, -0.25) is 19.3 Å². The normalized spacial score (nSPS) is 20.1. The van der Waals surface area contributed by atoms with Crippen molar-refractivity contribution >= 4 is 23.5 Å². The first-order valence-electron chi connectivity index (χ1n) is 8.07. The fraction of sp³-hybridized carbons (Fsp3) is 0.533. The SMILES string of the molecule is Cn1ncc(N2CC[C@@H](CNC(=O)CN3C(=O)CNC3=O)C2)cc1=O. The van der Waals surface area contributed by atoms with Crippen LogP contribution in [0, 0.1) is 5.92 Å². The fourth-order valence-electron chi connectivity index (χ4n) is 2.94. The highest BCUT2D eigenvalue weighted by atomic mass is 16.2. The largest absolute Gasteiger partial charge is 0.370 e. The summed E-state index contributed by atoms with van der Waals surface area (Å²) in [6.07, 6.45) is 2.53. The molecule has 1 atom stereocenters. The van der Waals surface area contributed by atoms with E-state index in [9.17, 15) is 19.2 Å². The van der Waals surface area contributed by atoms with Crippen LogP contribution in [0.3, 0.4) is 0 Å². The van der Waals surface area contributed by atoms with Crippen molar-refractivity contribution in [3.8, 4) is 0 Å². The zero-order chi connectivity index (χ0) is 18.0. The van der Waals surface area contributed by atoms with E-state index in [0.717, 1.165) is 23.6 Å². The topological polar surface area (TPSA) is 117 Å². The summed E-state index contributed by atoms with van der Waals surface area (Å²) in [7, 11) is 1.60. The van der Waals surface area contributed by atoms with Crippen molar-refractivity contribution < 1.29 is 14.4 Å². The standard InChI is InChI=1S/C15H20N6O4/c1-19-13(23)4-11(6-18-19)20-3-2-10(8-20)5-16-12(22)9-21-14(24)7-17-15(21)25/h4,6,10H,2-3,5,7-9H2,1H3,(H,16,22)(H,17,25)/t10-/m0/s1. The van der Waals surface area contributed by atoms with Gasteiger partial charge in [0.2, 0.25) is 5.91 Å². The molecule has 1 aromatic heterocycles. The molecule has 0 spiro atoms. The fourth-order valence-corrected chi connectivity index (χ4v) is 2.94. The molecule has 0 aromatic carbocycles. The van der Waals surface area contributed by atoms with E-state index in [1.54, 1.807) is 19.3 Å². The molecule has 2 fully saturated rings. The van der Waals surface area contributed by atoms with Gasteiger partial charge < -0.3 is 15.5 Å². The van der Waals surface area contributed by atoms with Crippen LogP contribution < -0.4 is 21.1 Å². The van der Waals surface area contributed by atoms with Crippen LogP contribution in [-0.2, 0) is 16.6 Å². The lowest BCUT2D eigenvalue weighted by atomic mass is 10.1. The summed E-state index contributed by atoms with van der Waals surface area (Å²) in [5.74, 6) is -0.527. The maximum atomic E-state index is 11.9. The van der Waals surface area contributed by atoms with Gasteiger partial charge in [-0.2, -0.15) is 5.10 Å². The first kappa shape index (κ1) is 16.9. The van der Waals surface area contributed by atoms with Crippen LogP contribution in [0.15, 0.2) is 17.1 Å². The highest BCUT2D eigenvalue weighted by molar-refractivity contribution is 6.04. The highest BCUT2D eigenvalue weighted by Crippen LogP contribution is 2.21. The van der Waals surface area contributed by atoms with Crippen LogP contribution in [0.1, 0.15) is 6.42 Å². The molecule has 0 saturated carbocycles. The molecular weight excluding hydrogens is 328 g/mol. The monoisotopic (exact) mass is 348 g/mol. The molecule has 2 aliphatic rings. The van der Waals surface area contributed by atoms with Gasteiger partial charge in [-0.25, -0.2) is 9.48 Å². The van der Waals surface area contributed by atoms with Gasteiger partial charge >= 0.3 is 6.03 Å². The molecule has 25 heavy (non-hydrogen) atoms. The number of aryl methyl sites for hydroxylation is 1. The summed E-state index contributed by atoms with van der Waals surface area (Å²) in [6, 6.07) is 1.01. The summed E-state index contributed by atoms with van der Waals surface area (Å²) < 4.78 is 1.27. The lowest BCUT2D eigenvalue weighted by Gasteiger charge is -2.18. The number of hydrogen-bond donors (Lipinski definition) is 2. The van der Waals surface area contributed by atoms with Gasteiger partial charge in [0.25, 0.3) is 11.5 Å². The van der Waals surface area contributed by atoms with Gasteiger partial charge in [-0.1, -0.05) is 0 Å². The van der Waals surface area contributed by atoms with Gasteiger partial charge in [0.1, 0.15) is 6.54 Å². The van der Waals surface area contributed by atoms with Crippen molar-refractivity contribution in [1.29, 1.82) is 0 Å². The van der Waals surface area contributed by atoms with E-state index >= 15 is 0 Å². The van der Waals surface area contributed by atoms with Gasteiger partial charge in [0.05, 0.1) is 18.4 Å². The van der Waals surface area contributed by atoms with Crippen molar-refractivity contribution in [3.05, 3.63) is 22.6 Å². The number of rotatable bonds is 5. The molecule has 2 N–H and O–H groups in total. The Kier molecular flexibility index (Phi) is 4.68. The number of amides is 4. The summed E-state index contributed by atoms with van der Waals surface area (Å²) >= 11 is 0. The van der Waals surface area contributed by atoms with Crippen molar-refractivity contribution in [2.24, 2.45) is 13.0 Å². The van der Waals surface area contributed by atoms with E-state index in [4.69, 9.17) is 0 Å². The van der Waals surface area contributed by atoms with E-state index in [-0.39, 0.29) is 30.5 Å². The Morgan fingerprint density at radius 1 is 1.40 bits per heavy atom. The third-order valence-corrected chi connectivity index (χ3v) is 4.43. The average Bonchev–Trinajstić information content (AvgIpc) is 3.18. The molecule has 10 nitrogen and oxygen atoms in total. The lowest BCUT2D eigenvalue weighted by molar-refractivity contribution is -0.130. The molecule has 1 aromatic rings. The van der Waals surface area contributed by atoms with E-state index in [2.05, 4.69) is 20.6 Å². The zero-order valence-corrected chi connectivity index (χ0v) is 13.9. The second-order valence-corrected chi connectivity index (χ2v) is 6.22. The van der Waals surface area contributed by atoms with E-state index in [0.29, 0.717) is 13.1 Å². The Balaban J connectivity index is 1.47. The minimum Gasteiger partial charge on any atom is -0.370 e. The Hall–Kier alpha value is -2.91. The number of carbonyl (C=O) groups excluding carboxylic acids is 3. The van der Waals surface area contributed by atoms with Crippen LogP contribution >= 0.6 is 0 Å². The zero-order valence-electron chi connectivity index (χ0n) is 13.9. The summed E-state index contributed by atoms with van der Waals surface area (Å²) in [6.45, 7) is 1.62. The first-order chi connectivity index (χ1) is 11.9. The summed E-state index contributed by atoms with van der Waals surface area (Å²) in [4.78, 5) is 49.4. The Morgan fingerprint density at radius 2 is 2.20 bits per heavy atom. The summed E-state index contributed by atoms with van der Waals surface area (Å²) in [5, 5.41) is 9.15. The number of imide groups is 1. The Morgan fingerprint density at radius 3 is 2.88 bits per heavy atom. The van der Waals surface area contributed by atoms with Crippen LogP contribution in [0.4, 0.5) is 10.5 Å². The maximum absolute atomic E-state index is 11.9. The molecule has 0 radical (unpaired) electrons. The third kappa shape index (κ3) is 3.78. The molecule has 2 saturated heterocycles.